The summed E-state index contributed by atoms with van der Waals surface area (Å²) in [5.74, 6) is 0.528. The highest BCUT2D eigenvalue weighted by atomic mass is 16.6. The summed E-state index contributed by atoms with van der Waals surface area (Å²) in [5, 5.41) is 10.1. The number of hydrogen-bond donors (Lipinski definition) is 1. The van der Waals surface area contributed by atoms with E-state index >= 15 is 0 Å². The van der Waals surface area contributed by atoms with Crippen LogP contribution in [0.1, 0.15) is 46.5 Å². The quantitative estimate of drug-likeness (QED) is 0.718. The average Bonchev–Trinajstić information content (AvgIpc) is 2.66. The van der Waals surface area contributed by atoms with Gasteiger partial charge in [-0.2, -0.15) is 0 Å². The molecule has 1 saturated carbocycles. The smallest absolute Gasteiger partial charge is 0.178 e. The van der Waals surface area contributed by atoms with E-state index in [1.54, 1.807) is 0 Å². The standard InChI is InChI=1S/C15H22O3/c1-14(2)5-4-6-15(3)11(14)7-10(16)9-8-18-13(17)12(9)15/h11,13,17H,4-8H2,1-3H3/t11-,13-,15+/m0/s1. The summed E-state index contributed by atoms with van der Waals surface area (Å²) in [7, 11) is 0. The first kappa shape index (κ1) is 12.4. The zero-order valence-electron chi connectivity index (χ0n) is 11.5. The molecule has 1 heterocycles. The zero-order chi connectivity index (χ0) is 13.1. The molecule has 0 unspecified atom stereocenters. The van der Waals surface area contributed by atoms with Crippen molar-refractivity contribution in [2.24, 2.45) is 16.7 Å². The van der Waals surface area contributed by atoms with Crippen LogP contribution in [0.2, 0.25) is 0 Å². The minimum Gasteiger partial charge on any atom is -0.364 e. The number of ketones is 1. The number of fused-ring (bicyclic) bond motifs is 2. The van der Waals surface area contributed by atoms with Gasteiger partial charge in [0.15, 0.2) is 12.1 Å². The maximum atomic E-state index is 12.3. The summed E-state index contributed by atoms with van der Waals surface area (Å²) >= 11 is 0. The van der Waals surface area contributed by atoms with Crippen LogP contribution in [0.4, 0.5) is 0 Å². The molecule has 0 saturated heterocycles. The van der Waals surface area contributed by atoms with Gasteiger partial charge in [0.1, 0.15) is 0 Å². The number of aliphatic hydroxyl groups excluding tert-OH is 1. The fourth-order valence-corrected chi connectivity index (χ4v) is 4.58. The van der Waals surface area contributed by atoms with Gasteiger partial charge in [0, 0.05) is 17.6 Å². The Morgan fingerprint density at radius 1 is 1.28 bits per heavy atom. The summed E-state index contributed by atoms with van der Waals surface area (Å²) in [6.07, 6.45) is 3.16. The molecule has 1 aliphatic heterocycles. The molecule has 0 aromatic heterocycles. The van der Waals surface area contributed by atoms with Gasteiger partial charge in [-0.25, -0.2) is 0 Å². The normalized spacial score (nSPS) is 42.8. The van der Waals surface area contributed by atoms with Gasteiger partial charge in [-0.15, -0.1) is 0 Å². The third-order valence-corrected chi connectivity index (χ3v) is 5.53. The van der Waals surface area contributed by atoms with Crippen LogP contribution < -0.4 is 0 Å². The molecule has 1 fully saturated rings. The molecule has 100 valence electrons. The van der Waals surface area contributed by atoms with Gasteiger partial charge in [0.2, 0.25) is 0 Å². The van der Waals surface area contributed by atoms with Crippen LogP contribution in [0.5, 0.6) is 0 Å². The second-order valence-electron chi connectivity index (χ2n) is 7.00. The molecule has 0 spiro atoms. The molecule has 1 N–H and O–H groups in total. The number of carbonyl (C=O) groups is 1. The minimum absolute atomic E-state index is 0.0547. The Kier molecular flexibility index (Phi) is 2.52. The number of Topliss-reactive ketones (excluding diaryl/α,β-unsaturated/α-hetero) is 1. The maximum Gasteiger partial charge on any atom is 0.178 e. The Labute approximate surface area is 108 Å². The lowest BCUT2D eigenvalue weighted by Gasteiger charge is -2.53. The van der Waals surface area contributed by atoms with E-state index in [0.29, 0.717) is 18.9 Å². The van der Waals surface area contributed by atoms with Crippen molar-refractivity contribution in [2.45, 2.75) is 52.7 Å². The van der Waals surface area contributed by atoms with Gasteiger partial charge < -0.3 is 9.84 Å². The van der Waals surface area contributed by atoms with Crippen LogP contribution in [0.25, 0.3) is 0 Å². The molecule has 0 bridgehead atoms. The summed E-state index contributed by atoms with van der Waals surface area (Å²) in [5.41, 5.74) is 1.78. The third-order valence-electron chi connectivity index (χ3n) is 5.53. The first-order valence-electron chi connectivity index (χ1n) is 6.93. The van der Waals surface area contributed by atoms with Crippen molar-refractivity contribution in [1.29, 1.82) is 0 Å². The van der Waals surface area contributed by atoms with E-state index in [1.807, 2.05) is 0 Å². The van der Waals surface area contributed by atoms with Gasteiger partial charge in [0.05, 0.1) is 6.61 Å². The maximum absolute atomic E-state index is 12.3. The highest BCUT2D eigenvalue weighted by molar-refractivity contribution is 5.98. The SMILES string of the molecule is CC1(C)CCC[C@@]2(C)C3=C(CO[C@@H]3O)C(=O)C[C@@H]12. The van der Waals surface area contributed by atoms with Crippen molar-refractivity contribution in [3.8, 4) is 0 Å². The van der Waals surface area contributed by atoms with Crippen molar-refractivity contribution in [3.05, 3.63) is 11.1 Å². The molecule has 3 rings (SSSR count). The first-order valence-corrected chi connectivity index (χ1v) is 6.93. The summed E-state index contributed by atoms with van der Waals surface area (Å²) in [6.45, 7) is 7.04. The van der Waals surface area contributed by atoms with Gasteiger partial charge >= 0.3 is 0 Å². The van der Waals surface area contributed by atoms with Crippen molar-refractivity contribution < 1.29 is 14.6 Å². The lowest BCUT2D eigenvalue weighted by atomic mass is 9.50. The Hall–Kier alpha value is -0.670. The van der Waals surface area contributed by atoms with Gasteiger partial charge in [-0.1, -0.05) is 27.2 Å². The molecule has 2 aliphatic carbocycles. The molecule has 3 aliphatic rings. The average molecular weight is 250 g/mol. The lowest BCUT2D eigenvalue weighted by Crippen LogP contribution is -2.48. The highest BCUT2D eigenvalue weighted by Crippen LogP contribution is 2.60. The third kappa shape index (κ3) is 1.47. The van der Waals surface area contributed by atoms with E-state index in [1.165, 1.54) is 6.42 Å². The van der Waals surface area contributed by atoms with E-state index in [0.717, 1.165) is 24.0 Å². The van der Waals surface area contributed by atoms with Crippen molar-refractivity contribution in [2.75, 3.05) is 6.61 Å². The number of hydrogen-bond acceptors (Lipinski definition) is 3. The first-order chi connectivity index (χ1) is 8.36. The second-order valence-corrected chi connectivity index (χ2v) is 7.00. The largest absolute Gasteiger partial charge is 0.364 e. The summed E-state index contributed by atoms with van der Waals surface area (Å²) in [6, 6.07) is 0. The number of rotatable bonds is 0. The lowest BCUT2D eigenvalue weighted by molar-refractivity contribution is -0.122. The topological polar surface area (TPSA) is 46.5 Å². The molecule has 18 heavy (non-hydrogen) atoms. The van der Waals surface area contributed by atoms with Crippen molar-refractivity contribution in [3.63, 3.8) is 0 Å². The fourth-order valence-electron chi connectivity index (χ4n) is 4.58. The van der Waals surface area contributed by atoms with Crippen LogP contribution in [0.15, 0.2) is 11.1 Å². The number of aliphatic hydroxyl groups is 1. The monoisotopic (exact) mass is 250 g/mol. The fraction of sp³-hybridized carbons (Fsp3) is 0.800. The Balaban J connectivity index is 2.12. The van der Waals surface area contributed by atoms with E-state index in [2.05, 4.69) is 20.8 Å². The van der Waals surface area contributed by atoms with E-state index < -0.39 is 6.29 Å². The molecule has 3 atom stereocenters. The predicted molar refractivity (Wildman–Crippen MR) is 67.8 cm³/mol. The van der Waals surface area contributed by atoms with Crippen LogP contribution in [0.3, 0.4) is 0 Å². The van der Waals surface area contributed by atoms with E-state index in [-0.39, 0.29) is 16.6 Å². The summed E-state index contributed by atoms with van der Waals surface area (Å²) in [4.78, 5) is 12.3. The molecule has 3 heteroatoms. The molecule has 0 amide bonds. The minimum atomic E-state index is -0.856. The molecular weight excluding hydrogens is 228 g/mol. The van der Waals surface area contributed by atoms with Crippen LogP contribution in [-0.4, -0.2) is 23.8 Å². The number of carbonyl (C=O) groups excluding carboxylic acids is 1. The van der Waals surface area contributed by atoms with Crippen molar-refractivity contribution >= 4 is 5.78 Å². The van der Waals surface area contributed by atoms with Crippen LogP contribution >= 0.6 is 0 Å². The van der Waals surface area contributed by atoms with E-state index in [9.17, 15) is 9.90 Å². The molecule has 0 aromatic carbocycles. The molecular formula is C15H22O3. The Bertz CT molecular complexity index is 435. The molecule has 0 aromatic rings. The summed E-state index contributed by atoms with van der Waals surface area (Å²) < 4.78 is 5.31. The van der Waals surface area contributed by atoms with Gasteiger partial charge in [0.25, 0.3) is 0 Å². The van der Waals surface area contributed by atoms with Gasteiger partial charge in [-0.05, 0) is 29.6 Å². The van der Waals surface area contributed by atoms with Crippen LogP contribution in [-0.2, 0) is 9.53 Å². The Morgan fingerprint density at radius 2 is 2.00 bits per heavy atom. The highest BCUT2D eigenvalue weighted by Gasteiger charge is 2.55. The van der Waals surface area contributed by atoms with Crippen molar-refractivity contribution in [1.82, 2.24) is 0 Å². The molecule has 3 nitrogen and oxygen atoms in total. The molecule has 0 radical (unpaired) electrons. The predicted octanol–water partition coefficient (Wildman–Crippen LogP) is 2.44. The van der Waals surface area contributed by atoms with Crippen LogP contribution in [0, 0.1) is 16.7 Å². The Morgan fingerprint density at radius 3 is 2.72 bits per heavy atom. The zero-order valence-corrected chi connectivity index (χ0v) is 11.5. The van der Waals surface area contributed by atoms with E-state index in [4.69, 9.17) is 4.74 Å². The number of ether oxygens (including phenoxy) is 1. The van der Waals surface area contributed by atoms with Gasteiger partial charge in [-0.3, -0.25) is 4.79 Å². The second kappa shape index (κ2) is 3.67.